The monoisotopic (exact) mass is 310 g/mol. The van der Waals surface area contributed by atoms with Crippen LogP contribution < -0.4 is 0 Å². The summed E-state index contributed by atoms with van der Waals surface area (Å²) in [5.74, 6) is 0.231. The van der Waals surface area contributed by atoms with Crippen LogP contribution in [0.25, 0.3) is 0 Å². The number of esters is 1. The standard InChI is InChI=1S/C19H34O3/c1-17(2)13-9-7-11-15(20)12-8-10-14-22-16(21)18(3,4)19(17,5)6/h7-14H2,1-6H3. The second-order valence-corrected chi connectivity index (χ2v) is 8.47. The van der Waals surface area contributed by atoms with Gasteiger partial charge in [-0.15, -0.1) is 0 Å². The molecule has 0 atom stereocenters. The van der Waals surface area contributed by atoms with Gasteiger partial charge in [0.15, 0.2) is 0 Å². The zero-order chi connectivity index (χ0) is 17.0. The molecule has 1 heterocycles. The maximum atomic E-state index is 12.6. The second kappa shape index (κ2) is 7.14. The molecular formula is C19H34O3. The van der Waals surface area contributed by atoms with Crippen LogP contribution in [-0.4, -0.2) is 18.4 Å². The molecule has 0 aromatic carbocycles. The highest BCUT2D eigenvalue weighted by molar-refractivity contribution is 5.78. The maximum Gasteiger partial charge on any atom is 0.312 e. The summed E-state index contributed by atoms with van der Waals surface area (Å²) in [4.78, 5) is 24.4. The molecule has 22 heavy (non-hydrogen) atoms. The molecule has 128 valence electrons. The van der Waals surface area contributed by atoms with Crippen LogP contribution in [0.3, 0.4) is 0 Å². The van der Waals surface area contributed by atoms with Crippen LogP contribution in [0.5, 0.6) is 0 Å². The van der Waals surface area contributed by atoms with E-state index >= 15 is 0 Å². The van der Waals surface area contributed by atoms with Crippen molar-refractivity contribution in [2.45, 2.75) is 86.5 Å². The highest BCUT2D eigenvalue weighted by Gasteiger charge is 2.52. The number of rotatable bonds is 0. The Balaban J connectivity index is 2.95. The van der Waals surface area contributed by atoms with Crippen molar-refractivity contribution in [2.75, 3.05) is 6.61 Å². The molecule has 0 N–H and O–H groups in total. The molecule has 1 aliphatic heterocycles. The average molecular weight is 310 g/mol. The molecule has 0 spiro atoms. The maximum absolute atomic E-state index is 12.6. The largest absolute Gasteiger partial charge is 0.465 e. The van der Waals surface area contributed by atoms with Gasteiger partial charge < -0.3 is 4.74 Å². The number of Topliss-reactive ketones (excluding diaryl/α,β-unsaturated/α-hetero) is 1. The van der Waals surface area contributed by atoms with Crippen molar-refractivity contribution in [1.82, 2.24) is 0 Å². The van der Waals surface area contributed by atoms with Gasteiger partial charge in [-0.3, -0.25) is 9.59 Å². The summed E-state index contributed by atoms with van der Waals surface area (Å²) in [6.45, 7) is 13.2. The van der Waals surface area contributed by atoms with E-state index in [4.69, 9.17) is 4.74 Å². The third-order valence-electron chi connectivity index (χ3n) is 6.36. The normalized spacial score (nSPS) is 26.8. The van der Waals surface area contributed by atoms with E-state index in [1.54, 1.807) is 0 Å². The number of carbonyl (C=O) groups is 2. The quantitative estimate of drug-likeness (QED) is 0.596. The Bertz CT molecular complexity index is 405. The van der Waals surface area contributed by atoms with Crippen molar-refractivity contribution in [1.29, 1.82) is 0 Å². The number of hydrogen-bond donors (Lipinski definition) is 0. The lowest BCUT2D eigenvalue weighted by atomic mass is 9.53. The third-order valence-corrected chi connectivity index (χ3v) is 6.36. The van der Waals surface area contributed by atoms with Gasteiger partial charge in [0.2, 0.25) is 0 Å². The first-order valence-electron chi connectivity index (χ1n) is 8.71. The summed E-state index contributed by atoms with van der Waals surface area (Å²) in [5, 5.41) is 0. The van der Waals surface area contributed by atoms with E-state index in [0.717, 1.165) is 32.1 Å². The van der Waals surface area contributed by atoms with Crippen molar-refractivity contribution in [3.63, 3.8) is 0 Å². The molecule has 1 rings (SSSR count). The Morgan fingerprint density at radius 3 is 1.95 bits per heavy atom. The van der Waals surface area contributed by atoms with E-state index in [1.165, 1.54) is 0 Å². The molecule has 0 unspecified atom stereocenters. The van der Waals surface area contributed by atoms with Crippen LogP contribution in [0.4, 0.5) is 0 Å². The Hall–Kier alpha value is -0.860. The Morgan fingerprint density at radius 2 is 1.36 bits per heavy atom. The van der Waals surface area contributed by atoms with Crippen molar-refractivity contribution >= 4 is 11.8 Å². The van der Waals surface area contributed by atoms with Gasteiger partial charge in [-0.2, -0.15) is 0 Å². The van der Waals surface area contributed by atoms with E-state index in [0.29, 0.717) is 25.2 Å². The number of cyclic esters (lactones) is 1. The van der Waals surface area contributed by atoms with Gasteiger partial charge in [-0.25, -0.2) is 0 Å². The second-order valence-electron chi connectivity index (χ2n) is 8.47. The van der Waals surface area contributed by atoms with Gasteiger partial charge in [0.1, 0.15) is 5.78 Å². The molecule has 1 saturated heterocycles. The first-order chi connectivity index (χ1) is 10.0. The van der Waals surface area contributed by atoms with Crippen LogP contribution in [0.2, 0.25) is 0 Å². The summed E-state index contributed by atoms with van der Waals surface area (Å²) in [7, 11) is 0. The molecule has 0 radical (unpaired) electrons. The topological polar surface area (TPSA) is 43.4 Å². The van der Waals surface area contributed by atoms with Crippen LogP contribution in [0.15, 0.2) is 0 Å². The fraction of sp³-hybridized carbons (Fsp3) is 0.895. The molecule has 3 nitrogen and oxygen atoms in total. The summed E-state index contributed by atoms with van der Waals surface area (Å²) in [6, 6.07) is 0. The summed E-state index contributed by atoms with van der Waals surface area (Å²) in [6.07, 6.45) is 5.93. The average Bonchev–Trinajstić information content (AvgIpc) is 2.41. The molecule has 1 aliphatic rings. The fourth-order valence-corrected chi connectivity index (χ4v) is 3.20. The Kier molecular flexibility index (Phi) is 6.23. The SMILES string of the molecule is CC1(C)CCCCC(=O)CCCCOC(=O)C(C)(C)C1(C)C. The molecule has 0 aromatic heterocycles. The lowest BCUT2D eigenvalue weighted by Crippen LogP contribution is -2.49. The minimum atomic E-state index is -0.531. The number of ether oxygens (including phenoxy) is 1. The molecule has 0 bridgehead atoms. The molecular weight excluding hydrogens is 276 g/mol. The summed E-state index contributed by atoms with van der Waals surface area (Å²) < 4.78 is 5.52. The Morgan fingerprint density at radius 1 is 0.818 bits per heavy atom. The molecule has 1 fully saturated rings. The fourth-order valence-electron chi connectivity index (χ4n) is 3.20. The zero-order valence-electron chi connectivity index (χ0n) is 15.4. The van der Waals surface area contributed by atoms with Gasteiger partial charge >= 0.3 is 5.97 Å². The first kappa shape index (κ1) is 19.2. The van der Waals surface area contributed by atoms with E-state index in [-0.39, 0.29) is 16.8 Å². The van der Waals surface area contributed by atoms with Gasteiger partial charge in [-0.05, 0) is 50.4 Å². The molecule has 0 aromatic rings. The molecule has 0 aliphatic carbocycles. The van der Waals surface area contributed by atoms with Crippen molar-refractivity contribution in [3.8, 4) is 0 Å². The Labute approximate surface area is 136 Å². The first-order valence-corrected chi connectivity index (χ1v) is 8.71. The minimum Gasteiger partial charge on any atom is -0.465 e. The molecule has 3 heteroatoms. The number of hydrogen-bond acceptors (Lipinski definition) is 3. The number of carbonyl (C=O) groups excluding carboxylic acids is 2. The predicted molar refractivity (Wildman–Crippen MR) is 89.6 cm³/mol. The van der Waals surface area contributed by atoms with E-state index in [2.05, 4.69) is 27.7 Å². The highest BCUT2D eigenvalue weighted by Crippen LogP contribution is 2.54. The summed E-state index contributed by atoms with van der Waals surface area (Å²) in [5.41, 5.74) is -0.718. The lowest BCUT2D eigenvalue weighted by Gasteiger charge is -2.50. The summed E-state index contributed by atoms with van der Waals surface area (Å²) >= 11 is 0. The van der Waals surface area contributed by atoms with E-state index in [1.807, 2.05) is 13.8 Å². The van der Waals surface area contributed by atoms with Crippen molar-refractivity contribution in [3.05, 3.63) is 0 Å². The van der Waals surface area contributed by atoms with Crippen LogP contribution in [0.1, 0.15) is 86.5 Å². The molecule has 0 amide bonds. The van der Waals surface area contributed by atoms with Crippen LogP contribution in [-0.2, 0) is 14.3 Å². The van der Waals surface area contributed by atoms with E-state index < -0.39 is 5.41 Å². The third kappa shape index (κ3) is 4.11. The molecule has 0 saturated carbocycles. The van der Waals surface area contributed by atoms with Gasteiger partial charge in [-0.1, -0.05) is 34.1 Å². The van der Waals surface area contributed by atoms with Gasteiger partial charge in [0.05, 0.1) is 12.0 Å². The minimum absolute atomic E-state index is 0.00266. The number of ketones is 1. The van der Waals surface area contributed by atoms with Crippen LogP contribution in [0, 0.1) is 16.2 Å². The van der Waals surface area contributed by atoms with Gasteiger partial charge in [0, 0.05) is 12.8 Å². The van der Waals surface area contributed by atoms with E-state index in [9.17, 15) is 9.59 Å². The van der Waals surface area contributed by atoms with Crippen LogP contribution >= 0.6 is 0 Å². The van der Waals surface area contributed by atoms with Crippen molar-refractivity contribution < 1.29 is 14.3 Å². The predicted octanol–water partition coefficient (Wildman–Crippen LogP) is 4.92. The smallest absolute Gasteiger partial charge is 0.312 e. The lowest BCUT2D eigenvalue weighted by molar-refractivity contribution is -0.168. The van der Waals surface area contributed by atoms with Crippen molar-refractivity contribution in [2.24, 2.45) is 16.2 Å². The zero-order valence-corrected chi connectivity index (χ0v) is 15.4. The highest BCUT2D eigenvalue weighted by atomic mass is 16.5. The van der Waals surface area contributed by atoms with Gasteiger partial charge in [0.25, 0.3) is 0 Å².